The Morgan fingerprint density at radius 1 is 1.40 bits per heavy atom. The lowest BCUT2D eigenvalue weighted by atomic mass is 9.96. The standard InChI is InChI=1S/C19H26N4O2/c1-13-10-16(13)17-7-5-15(25-17)6-8-18(24)23-9-3-4-14(11-23)19-21-20-12-22(19)2/h5,7,12-14,16H,3-4,6,8-11H2,1-2H3/t13-,14+,16+/m1/s1. The molecule has 134 valence electrons. The second-order valence-corrected chi connectivity index (χ2v) is 7.60. The zero-order chi connectivity index (χ0) is 17.4. The fourth-order valence-corrected chi connectivity index (χ4v) is 3.91. The molecule has 6 nitrogen and oxygen atoms in total. The van der Waals surface area contributed by atoms with Gasteiger partial charge in [0.2, 0.25) is 5.91 Å². The van der Waals surface area contributed by atoms with Crippen LogP contribution in [0.5, 0.6) is 0 Å². The summed E-state index contributed by atoms with van der Waals surface area (Å²) >= 11 is 0. The molecule has 3 atom stereocenters. The van der Waals surface area contributed by atoms with E-state index in [-0.39, 0.29) is 11.8 Å². The van der Waals surface area contributed by atoms with Gasteiger partial charge in [-0.05, 0) is 37.3 Å². The summed E-state index contributed by atoms with van der Waals surface area (Å²) in [6.45, 7) is 3.84. The van der Waals surface area contributed by atoms with Crippen molar-refractivity contribution in [3.63, 3.8) is 0 Å². The Morgan fingerprint density at radius 2 is 2.24 bits per heavy atom. The quantitative estimate of drug-likeness (QED) is 0.838. The third-order valence-electron chi connectivity index (χ3n) is 5.63. The highest BCUT2D eigenvalue weighted by atomic mass is 16.3. The first-order valence-electron chi connectivity index (χ1n) is 9.32. The number of aromatic nitrogens is 3. The fourth-order valence-electron chi connectivity index (χ4n) is 3.91. The minimum atomic E-state index is 0.213. The van der Waals surface area contributed by atoms with Crippen molar-refractivity contribution in [1.29, 1.82) is 0 Å². The molecule has 0 bridgehead atoms. The molecule has 0 N–H and O–H groups in total. The number of carbonyl (C=O) groups is 1. The molecule has 0 unspecified atom stereocenters. The van der Waals surface area contributed by atoms with Gasteiger partial charge in [0, 0.05) is 44.8 Å². The number of rotatable bonds is 5. The zero-order valence-electron chi connectivity index (χ0n) is 15.0. The van der Waals surface area contributed by atoms with Crippen molar-refractivity contribution >= 4 is 5.91 Å². The van der Waals surface area contributed by atoms with Gasteiger partial charge in [0.1, 0.15) is 23.7 Å². The molecule has 6 heteroatoms. The Hall–Kier alpha value is -2.11. The van der Waals surface area contributed by atoms with Gasteiger partial charge >= 0.3 is 0 Å². The van der Waals surface area contributed by atoms with Crippen LogP contribution in [-0.4, -0.2) is 38.7 Å². The molecule has 1 amide bonds. The second kappa shape index (κ2) is 6.65. The normalized spacial score (nSPS) is 26.0. The molecule has 4 rings (SSSR count). The number of nitrogens with zero attached hydrogens (tertiary/aromatic N) is 4. The van der Waals surface area contributed by atoms with Gasteiger partial charge in [-0.25, -0.2) is 0 Å². The number of aryl methyl sites for hydroxylation is 2. The summed E-state index contributed by atoms with van der Waals surface area (Å²) in [5.41, 5.74) is 0. The molecule has 2 aromatic rings. The Morgan fingerprint density at radius 3 is 2.96 bits per heavy atom. The average Bonchev–Trinajstić information content (AvgIpc) is 3.02. The topological polar surface area (TPSA) is 64.2 Å². The van der Waals surface area contributed by atoms with Crippen molar-refractivity contribution in [1.82, 2.24) is 19.7 Å². The summed E-state index contributed by atoms with van der Waals surface area (Å²) in [4.78, 5) is 14.6. The van der Waals surface area contributed by atoms with Gasteiger partial charge in [-0.1, -0.05) is 6.92 Å². The van der Waals surface area contributed by atoms with Crippen LogP contribution < -0.4 is 0 Å². The maximum atomic E-state index is 12.6. The largest absolute Gasteiger partial charge is 0.466 e. The maximum absolute atomic E-state index is 12.6. The van der Waals surface area contributed by atoms with Crippen molar-refractivity contribution in [3.8, 4) is 0 Å². The highest BCUT2D eigenvalue weighted by Gasteiger charge is 2.36. The lowest BCUT2D eigenvalue weighted by Crippen LogP contribution is -2.39. The third kappa shape index (κ3) is 3.48. The van der Waals surface area contributed by atoms with Crippen LogP contribution in [0.25, 0.3) is 0 Å². The molecule has 25 heavy (non-hydrogen) atoms. The van der Waals surface area contributed by atoms with E-state index in [9.17, 15) is 4.79 Å². The fraction of sp³-hybridized carbons (Fsp3) is 0.632. The van der Waals surface area contributed by atoms with Crippen LogP contribution in [0.3, 0.4) is 0 Å². The van der Waals surface area contributed by atoms with Crippen LogP contribution in [0.1, 0.15) is 61.8 Å². The first-order valence-corrected chi connectivity index (χ1v) is 9.32. The molecular formula is C19H26N4O2. The molecule has 1 saturated carbocycles. The van der Waals surface area contributed by atoms with E-state index in [4.69, 9.17) is 4.42 Å². The number of hydrogen-bond donors (Lipinski definition) is 0. The van der Waals surface area contributed by atoms with E-state index in [1.54, 1.807) is 6.33 Å². The van der Waals surface area contributed by atoms with Gasteiger partial charge < -0.3 is 13.9 Å². The molecule has 0 aromatic carbocycles. The van der Waals surface area contributed by atoms with Crippen LogP contribution >= 0.6 is 0 Å². The number of carbonyl (C=O) groups excluding carboxylic acids is 1. The van der Waals surface area contributed by atoms with Crippen molar-refractivity contribution in [2.75, 3.05) is 13.1 Å². The highest BCUT2D eigenvalue weighted by Crippen LogP contribution is 2.47. The first-order chi connectivity index (χ1) is 12.1. The summed E-state index contributed by atoms with van der Waals surface area (Å²) in [5.74, 6) is 4.85. The lowest BCUT2D eigenvalue weighted by molar-refractivity contribution is -0.132. The molecule has 1 aliphatic heterocycles. The number of hydrogen-bond acceptors (Lipinski definition) is 4. The predicted octanol–water partition coefficient (Wildman–Crippen LogP) is 2.87. The van der Waals surface area contributed by atoms with Crippen LogP contribution in [-0.2, 0) is 18.3 Å². The van der Waals surface area contributed by atoms with E-state index in [0.717, 1.165) is 49.2 Å². The van der Waals surface area contributed by atoms with E-state index in [0.29, 0.717) is 18.8 Å². The summed E-state index contributed by atoms with van der Waals surface area (Å²) in [6, 6.07) is 4.12. The SMILES string of the molecule is C[C@@H]1C[C@@H]1c1ccc(CCC(=O)N2CCC[C@H](c3nncn3C)C2)o1. The van der Waals surface area contributed by atoms with Crippen molar-refractivity contribution in [2.24, 2.45) is 13.0 Å². The Labute approximate surface area is 148 Å². The van der Waals surface area contributed by atoms with E-state index in [2.05, 4.69) is 23.2 Å². The van der Waals surface area contributed by atoms with E-state index in [1.165, 1.54) is 6.42 Å². The molecule has 1 aliphatic carbocycles. The van der Waals surface area contributed by atoms with Crippen molar-refractivity contribution in [3.05, 3.63) is 35.8 Å². The van der Waals surface area contributed by atoms with E-state index in [1.807, 2.05) is 22.6 Å². The number of piperidine rings is 1. The van der Waals surface area contributed by atoms with Crippen LogP contribution in [0, 0.1) is 5.92 Å². The molecule has 3 heterocycles. The number of likely N-dealkylation sites (tertiary alicyclic amines) is 1. The third-order valence-corrected chi connectivity index (χ3v) is 5.63. The lowest BCUT2D eigenvalue weighted by Gasteiger charge is -2.32. The summed E-state index contributed by atoms with van der Waals surface area (Å²) in [5, 5.41) is 8.18. The van der Waals surface area contributed by atoms with Gasteiger partial charge in [0.15, 0.2) is 0 Å². The van der Waals surface area contributed by atoms with Crippen molar-refractivity contribution < 1.29 is 9.21 Å². The number of amides is 1. The molecule has 0 radical (unpaired) electrons. The molecule has 2 aliphatic rings. The van der Waals surface area contributed by atoms with Crippen molar-refractivity contribution in [2.45, 2.75) is 50.9 Å². The molecule has 1 saturated heterocycles. The van der Waals surface area contributed by atoms with E-state index >= 15 is 0 Å². The summed E-state index contributed by atoms with van der Waals surface area (Å²) < 4.78 is 7.88. The average molecular weight is 342 g/mol. The van der Waals surface area contributed by atoms with Gasteiger partial charge in [-0.2, -0.15) is 0 Å². The smallest absolute Gasteiger partial charge is 0.223 e. The Kier molecular flexibility index (Phi) is 4.36. The van der Waals surface area contributed by atoms with Gasteiger partial charge in [0.05, 0.1) is 0 Å². The Balaban J connectivity index is 1.31. The van der Waals surface area contributed by atoms with Gasteiger partial charge in [-0.3, -0.25) is 4.79 Å². The molecular weight excluding hydrogens is 316 g/mol. The van der Waals surface area contributed by atoms with E-state index < -0.39 is 0 Å². The molecule has 0 spiro atoms. The predicted molar refractivity (Wildman–Crippen MR) is 93.1 cm³/mol. The summed E-state index contributed by atoms with van der Waals surface area (Å²) in [7, 11) is 1.96. The van der Waals surface area contributed by atoms with Crippen LogP contribution in [0.4, 0.5) is 0 Å². The minimum absolute atomic E-state index is 0.213. The van der Waals surface area contributed by atoms with Crippen LogP contribution in [0.2, 0.25) is 0 Å². The molecule has 2 fully saturated rings. The number of furan rings is 1. The van der Waals surface area contributed by atoms with Gasteiger partial charge in [0.25, 0.3) is 0 Å². The minimum Gasteiger partial charge on any atom is -0.466 e. The highest BCUT2D eigenvalue weighted by molar-refractivity contribution is 5.76. The first kappa shape index (κ1) is 16.4. The zero-order valence-corrected chi connectivity index (χ0v) is 15.0. The maximum Gasteiger partial charge on any atom is 0.223 e. The molecule has 2 aromatic heterocycles. The van der Waals surface area contributed by atoms with Gasteiger partial charge in [-0.15, -0.1) is 10.2 Å². The summed E-state index contributed by atoms with van der Waals surface area (Å²) in [6.07, 6.45) is 6.24. The second-order valence-electron chi connectivity index (χ2n) is 7.60. The Bertz CT molecular complexity index is 750. The van der Waals surface area contributed by atoms with Crippen LogP contribution in [0.15, 0.2) is 22.9 Å². The monoisotopic (exact) mass is 342 g/mol.